The minimum Gasteiger partial charge on any atom is -0.460 e. The number of anilines is 1. The number of aryl methyl sites for hydroxylation is 1. The first-order chi connectivity index (χ1) is 20.4. The van der Waals surface area contributed by atoms with Gasteiger partial charge in [-0.05, 0) is 52.0 Å². The molecule has 1 aliphatic carbocycles. The van der Waals surface area contributed by atoms with E-state index >= 15 is 0 Å². The molecule has 1 fully saturated rings. The Morgan fingerprint density at radius 1 is 1.05 bits per heavy atom. The lowest BCUT2D eigenvalue weighted by molar-refractivity contribution is -0.171. The van der Waals surface area contributed by atoms with Crippen molar-refractivity contribution in [2.45, 2.75) is 83.7 Å². The summed E-state index contributed by atoms with van der Waals surface area (Å²) in [4.78, 5) is 45.1. The van der Waals surface area contributed by atoms with Crippen LogP contribution in [0.25, 0.3) is 0 Å². The van der Waals surface area contributed by atoms with Gasteiger partial charge in [0.05, 0.1) is 23.2 Å². The van der Waals surface area contributed by atoms with E-state index in [9.17, 15) is 36.3 Å². The van der Waals surface area contributed by atoms with Crippen LogP contribution in [0.2, 0.25) is 0 Å². The van der Waals surface area contributed by atoms with Crippen LogP contribution in [-0.2, 0) is 19.1 Å². The van der Waals surface area contributed by atoms with Gasteiger partial charge in [-0.1, -0.05) is 48.5 Å². The van der Waals surface area contributed by atoms with Gasteiger partial charge in [-0.25, -0.2) is 13.8 Å². The molecule has 44 heavy (non-hydrogen) atoms. The summed E-state index contributed by atoms with van der Waals surface area (Å²) in [5.41, 5.74) is 1.69. The Kier molecular flexibility index (Phi) is 9.51. The number of ether oxygens (including phenoxy) is 1. The highest BCUT2D eigenvalue weighted by Gasteiger charge is 2.49. The quantitative estimate of drug-likeness (QED) is 0.244. The van der Waals surface area contributed by atoms with Crippen LogP contribution in [0.15, 0.2) is 53.5 Å². The number of amides is 2. The van der Waals surface area contributed by atoms with E-state index in [2.05, 4.69) is 15.6 Å². The molecular weight excluding hydrogens is 585 g/mol. The number of nitrogens with zero attached hydrogens (tertiary/aromatic N) is 1. The van der Waals surface area contributed by atoms with Gasteiger partial charge in [0.25, 0.3) is 5.91 Å². The van der Waals surface area contributed by atoms with Crippen LogP contribution in [0.5, 0.6) is 0 Å². The predicted octanol–water partition coefficient (Wildman–Crippen LogP) is 6.58. The first-order valence-corrected chi connectivity index (χ1v) is 14.4. The molecule has 0 unspecified atom stereocenters. The second-order valence-electron chi connectivity index (χ2n) is 12.5. The first kappa shape index (κ1) is 33.1. The van der Waals surface area contributed by atoms with Crippen molar-refractivity contribution in [2.24, 2.45) is 22.7 Å². The molecule has 7 nitrogen and oxygen atoms in total. The number of nitrogens with one attached hydrogen (secondary N) is 2. The zero-order valence-electron chi connectivity index (χ0n) is 24.9. The van der Waals surface area contributed by atoms with Gasteiger partial charge in [0.15, 0.2) is 0 Å². The van der Waals surface area contributed by atoms with Crippen molar-refractivity contribution < 1.29 is 41.1 Å². The smallest absolute Gasteiger partial charge is 0.389 e. The van der Waals surface area contributed by atoms with Gasteiger partial charge < -0.3 is 15.4 Å². The van der Waals surface area contributed by atoms with E-state index < -0.39 is 85.1 Å². The van der Waals surface area contributed by atoms with Crippen molar-refractivity contribution in [3.05, 3.63) is 65.2 Å². The minimum atomic E-state index is -4.67. The average molecular weight is 622 g/mol. The molecular formula is C32H36F5N3O4. The summed E-state index contributed by atoms with van der Waals surface area (Å²) in [6.45, 7) is 6.45. The molecule has 0 saturated heterocycles. The molecule has 2 aliphatic rings. The van der Waals surface area contributed by atoms with Gasteiger partial charge in [-0.15, -0.1) is 0 Å². The van der Waals surface area contributed by atoms with Crippen molar-refractivity contribution in [1.82, 2.24) is 5.32 Å². The third-order valence-corrected chi connectivity index (χ3v) is 7.64. The maximum atomic E-state index is 13.8. The lowest BCUT2D eigenvalue weighted by Crippen LogP contribution is -2.49. The van der Waals surface area contributed by atoms with E-state index in [-0.39, 0.29) is 6.42 Å². The van der Waals surface area contributed by atoms with Crippen molar-refractivity contribution >= 4 is 29.2 Å². The fraction of sp³-hybridized carbons (Fsp3) is 0.500. The molecule has 2 aromatic carbocycles. The molecule has 0 radical (unpaired) electrons. The third kappa shape index (κ3) is 8.41. The van der Waals surface area contributed by atoms with Crippen LogP contribution < -0.4 is 10.6 Å². The molecule has 1 aliphatic heterocycles. The number of carbonyl (C=O) groups excluding carboxylic acids is 3. The van der Waals surface area contributed by atoms with Crippen LogP contribution in [0.1, 0.15) is 69.6 Å². The summed E-state index contributed by atoms with van der Waals surface area (Å²) >= 11 is 0. The molecule has 0 bridgehead atoms. The number of benzene rings is 2. The number of alkyl halides is 5. The lowest BCUT2D eigenvalue weighted by Gasteiger charge is -2.38. The number of esters is 1. The number of fused-ring (bicyclic) bond motifs is 1. The van der Waals surface area contributed by atoms with Gasteiger partial charge in [0, 0.05) is 30.4 Å². The number of hydrogen-bond acceptors (Lipinski definition) is 5. The van der Waals surface area contributed by atoms with E-state index in [0.29, 0.717) is 22.5 Å². The minimum absolute atomic E-state index is 0.263. The molecule has 1 heterocycles. The van der Waals surface area contributed by atoms with E-state index in [1.54, 1.807) is 76.2 Å². The van der Waals surface area contributed by atoms with E-state index in [0.717, 1.165) is 5.56 Å². The fourth-order valence-electron chi connectivity index (χ4n) is 5.59. The van der Waals surface area contributed by atoms with Crippen molar-refractivity contribution in [3.63, 3.8) is 0 Å². The summed E-state index contributed by atoms with van der Waals surface area (Å²) in [5.74, 6) is -9.44. The largest absolute Gasteiger partial charge is 0.460 e. The standard InChI is InChI=1S/C32H36F5N3O4/c1-18-9-8-12-22-24(18)39-28(42)26(38-25(22)20-10-6-5-7-11-20)40-27(41)21(13-14-32(35,36)37)23(29(43)44-30(2,3)4)15-19-16-31(33,34)17-19/h5-12,19,21,23,26H,13-17H2,1-4H3,(H,39,42)(H,40,41)/t21-,23+,26-/m1/s1. The first-order valence-electron chi connectivity index (χ1n) is 14.4. The molecule has 1 saturated carbocycles. The van der Waals surface area contributed by atoms with Gasteiger partial charge in [-0.3, -0.25) is 14.4 Å². The third-order valence-electron chi connectivity index (χ3n) is 7.64. The highest BCUT2D eigenvalue weighted by Crippen LogP contribution is 2.47. The van der Waals surface area contributed by atoms with Crippen molar-refractivity contribution in [2.75, 3.05) is 5.32 Å². The number of halogens is 5. The van der Waals surface area contributed by atoms with E-state index in [4.69, 9.17) is 4.74 Å². The second kappa shape index (κ2) is 12.6. The summed E-state index contributed by atoms with van der Waals surface area (Å²) in [7, 11) is 0. The number of aliphatic imine (C=N–C) groups is 1. The Labute approximate surface area is 252 Å². The Balaban J connectivity index is 1.70. The normalized spacial score (nSPS) is 19.8. The summed E-state index contributed by atoms with van der Waals surface area (Å²) in [6, 6.07) is 14.2. The van der Waals surface area contributed by atoms with Gasteiger partial charge in [-0.2, -0.15) is 13.2 Å². The number of hydrogen-bond donors (Lipinski definition) is 2. The molecule has 238 valence electrons. The molecule has 3 atom stereocenters. The molecule has 12 heteroatoms. The number of rotatable bonds is 9. The summed E-state index contributed by atoms with van der Waals surface area (Å²) in [5, 5.41) is 5.22. The zero-order valence-corrected chi connectivity index (χ0v) is 24.9. The van der Waals surface area contributed by atoms with E-state index in [1.807, 2.05) is 0 Å². The van der Waals surface area contributed by atoms with Gasteiger partial charge in [0.1, 0.15) is 5.60 Å². The molecule has 4 rings (SSSR count). The van der Waals surface area contributed by atoms with Crippen LogP contribution in [0, 0.1) is 24.7 Å². The van der Waals surface area contributed by atoms with Crippen LogP contribution in [-0.4, -0.2) is 47.4 Å². The Morgan fingerprint density at radius 2 is 1.70 bits per heavy atom. The molecule has 0 aromatic heterocycles. The summed E-state index contributed by atoms with van der Waals surface area (Å²) in [6.07, 6.45) is -9.82. The maximum Gasteiger partial charge on any atom is 0.389 e. The Bertz CT molecular complexity index is 1410. The number of para-hydroxylation sites is 1. The second-order valence-corrected chi connectivity index (χ2v) is 12.5. The van der Waals surface area contributed by atoms with E-state index in [1.165, 1.54) is 0 Å². The van der Waals surface area contributed by atoms with Gasteiger partial charge >= 0.3 is 12.1 Å². The predicted molar refractivity (Wildman–Crippen MR) is 154 cm³/mol. The monoisotopic (exact) mass is 621 g/mol. The van der Waals surface area contributed by atoms with Crippen molar-refractivity contribution in [1.29, 1.82) is 0 Å². The van der Waals surface area contributed by atoms with Crippen molar-refractivity contribution in [3.8, 4) is 0 Å². The highest BCUT2D eigenvalue weighted by atomic mass is 19.4. The summed E-state index contributed by atoms with van der Waals surface area (Å²) < 4.78 is 73.1. The Morgan fingerprint density at radius 3 is 2.30 bits per heavy atom. The number of carbonyl (C=O) groups is 3. The molecule has 2 aromatic rings. The number of benzodiazepines with no additional fused rings is 1. The van der Waals surface area contributed by atoms with Crippen LogP contribution in [0.4, 0.5) is 27.6 Å². The molecule has 2 amide bonds. The van der Waals surface area contributed by atoms with Gasteiger partial charge in [0.2, 0.25) is 18.0 Å². The maximum absolute atomic E-state index is 13.8. The SMILES string of the molecule is Cc1cccc2c1NC(=O)[C@@H](NC(=O)[C@H](CCC(F)(F)F)[C@H](CC1CC(F)(F)C1)C(=O)OC(C)(C)C)N=C2c1ccccc1. The van der Waals surface area contributed by atoms with Crippen LogP contribution >= 0.6 is 0 Å². The lowest BCUT2D eigenvalue weighted by atomic mass is 9.72. The molecule has 0 spiro atoms. The highest BCUT2D eigenvalue weighted by molar-refractivity contribution is 6.20. The molecule has 2 N–H and O–H groups in total. The fourth-order valence-corrected chi connectivity index (χ4v) is 5.59. The topological polar surface area (TPSA) is 96.9 Å². The Hall–Kier alpha value is -3.83. The van der Waals surface area contributed by atoms with Crippen LogP contribution in [0.3, 0.4) is 0 Å². The zero-order chi connectivity index (χ0) is 32.4. The average Bonchev–Trinajstić information content (AvgIpc) is 3.03.